The Morgan fingerprint density at radius 3 is 1.23 bits per heavy atom. The fourth-order valence-corrected chi connectivity index (χ4v) is 22.0. The van der Waals surface area contributed by atoms with Gasteiger partial charge in [-0.25, -0.2) is 13.4 Å². The fraction of sp³-hybridized carbons (Fsp3) is 0.520. The predicted octanol–water partition coefficient (Wildman–Crippen LogP) is 15.5. The number of sulfone groups is 1. The van der Waals surface area contributed by atoms with Crippen LogP contribution in [-0.4, -0.2) is 262 Å². The van der Waals surface area contributed by atoms with Crippen LogP contribution in [0.1, 0.15) is 239 Å². The second-order valence-electron chi connectivity index (χ2n) is 38.1. The highest BCUT2D eigenvalue weighted by molar-refractivity contribution is 7.92. The first-order valence-electron chi connectivity index (χ1n) is 45.9. The van der Waals surface area contributed by atoms with Crippen LogP contribution in [0.4, 0.5) is 45.2 Å². The second kappa shape index (κ2) is 38.7. The van der Waals surface area contributed by atoms with E-state index in [1.165, 1.54) is 93.9 Å². The molecule has 9 aliphatic heterocycles. The number of piperidine rings is 5. The molecule has 26 nitrogen and oxygen atoms in total. The molecule has 8 aromatic rings. The number of likely N-dealkylation sites (tertiary alicyclic amines) is 4. The monoisotopic (exact) mass is 1890 g/mol. The molecule has 1 N–H and O–H groups in total. The van der Waals surface area contributed by atoms with Crippen molar-refractivity contribution in [3.63, 3.8) is 0 Å². The first kappa shape index (κ1) is 99.0. The highest BCUT2D eigenvalue weighted by Gasteiger charge is 2.53. The van der Waals surface area contributed by atoms with Gasteiger partial charge >= 0.3 is 18.5 Å². The number of nitrogens with zero attached hydrogens (tertiary/aromatic N) is 13. The first-order valence-corrected chi connectivity index (χ1v) is 47.3. The Bertz CT molecular complexity index is 5800. The lowest BCUT2D eigenvalue weighted by Gasteiger charge is -2.50. The number of aromatic nitrogens is 5. The van der Waals surface area contributed by atoms with Crippen LogP contribution in [0.5, 0.6) is 11.5 Å². The average molecular weight is 1890 g/mol. The van der Waals surface area contributed by atoms with E-state index in [0.29, 0.717) is 162 Å². The van der Waals surface area contributed by atoms with Crippen molar-refractivity contribution < 1.29 is 97.2 Å². The third-order valence-corrected chi connectivity index (χ3v) is 31.2. The maximum absolute atomic E-state index is 13.2. The van der Waals surface area contributed by atoms with Crippen molar-refractivity contribution in [2.75, 3.05) is 131 Å². The molecular weight excluding hydrogens is 1770 g/mol. The number of rotatable bonds is 14. The Balaban J connectivity index is 0.000000152. The van der Waals surface area contributed by atoms with Crippen molar-refractivity contribution in [1.29, 1.82) is 0 Å². The number of hydrogen-bond donors (Lipinski definition) is 1. The molecule has 4 spiro atoms. The quantitative estimate of drug-likeness (QED) is 0.0783. The van der Waals surface area contributed by atoms with Crippen LogP contribution < -0.4 is 19.7 Å². The number of alkyl halides is 9. The third kappa shape index (κ3) is 19.5. The molecule has 724 valence electrons. The number of benzene rings is 3. The molecule has 3 aromatic carbocycles. The number of fused-ring (bicyclic) bond motifs is 8. The van der Waals surface area contributed by atoms with Gasteiger partial charge in [0.2, 0.25) is 0 Å². The molecule has 1 unspecified atom stereocenters. The van der Waals surface area contributed by atoms with Crippen LogP contribution in [0.3, 0.4) is 0 Å². The number of likely N-dealkylation sites (N-methyl/N-ethyl adjacent to an activating group) is 3. The Morgan fingerprint density at radius 1 is 0.463 bits per heavy atom. The minimum atomic E-state index is -4.94. The largest absolute Gasteiger partial charge is 0.495 e. The van der Waals surface area contributed by atoms with Crippen molar-refractivity contribution in [1.82, 2.24) is 62.9 Å². The van der Waals surface area contributed by atoms with Gasteiger partial charge in [-0.05, 0) is 266 Å². The number of amides is 4. The molecule has 4 amide bonds. The molecule has 17 rings (SSSR count). The minimum Gasteiger partial charge on any atom is -0.495 e. The zero-order chi connectivity index (χ0) is 96.9. The summed E-state index contributed by atoms with van der Waals surface area (Å²) in [4.78, 5) is 121. The van der Waals surface area contributed by atoms with Crippen molar-refractivity contribution >= 4 is 62.3 Å². The zero-order valence-electron chi connectivity index (χ0n) is 77.9. The summed E-state index contributed by atoms with van der Waals surface area (Å²) >= 11 is 0. The van der Waals surface area contributed by atoms with Gasteiger partial charge < -0.3 is 57.6 Å². The lowest BCUT2D eigenvalue weighted by atomic mass is 9.81. The molecule has 134 heavy (non-hydrogen) atoms. The number of halogens is 9. The molecule has 36 heteroatoms. The Morgan fingerprint density at radius 2 is 0.836 bits per heavy atom. The molecule has 5 aromatic heterocycles. The van der Waals surface area contributed by atoms with E-state index >= 15 is 0 Å². The molecule has 0 aliphatic carbocycles. The summed E-state index contributed by atoms with van der Waals surface area (Å²) < 4.78 is 160. The van der Waals surface area contributed by atoms with E-state index < -0.39 is 67.1 Å². The van der Waals surface area contributed by atoms with Gasteiger partial charge in [-0.3, -0.25) is 53.1 Å². The summed E-state index contributed by atoms with van der Waals surface area (Å²) in [5.74, 6) is -4.02. The van der Waals surface area contributed by atoms with E-state index in [1.54, 1.807) is 111 Å². The maximum Gasteiger partial charge on any atom is 0.456 e. The number of carbonyl (C=O) groups excluding carboxylic acids is 8. The highest BCUT2D eigenvalue weighted by Crippen LogP contribution is 2.48. The number of methoxy groups -OCH3 is 1. The van der Waals surface area contributed by atoms with Crippen molar-refractivity contribution in [2.45, 2.75) is 202 Å². The van der Waals surface area contributed by atoms with Gasteiger partial charge in [-0.2, -0.15) is 39.5 Å². The zero-order valence-corrected chi connectivity index (χ0v) is 78.7. The molecule has 5 fully saturated rings. The summed E-state index contributed by atoms with van der Waals surface area (Å²) in [6.07, 6.45) is -5.98. The van der Waals surface area contributed by atoms with Gasteiger partial charge in [0, 0.05) is 171 Å². The van der Waals surface area contributed by atoms with E-state index in [9.17, 15) is 86.3 Å². The van der Waals surface area contributed by atoms with E-state index in [4.69, 9.17) is 9.47 Å². The van der Waals surface area contributed by atoms with Crippen LogP contribution >= 0.6 is 0 Å². The number of carbonyl (C=O) groups is 8. The van der Waals surface area contributed by atoms with Crippen LogP contribution in [0.2, 0.25) is 0 Å². The van der Waals surface area contributed by atoms with Gasteiger partial charge in [-0.15, -0.1) is 0 Å². The van der Waals surface area contributed by atoms with E-state index in [2.05, 4.69) is 73.6 Å². The lowest BCUT2D eigenvalue weighted by Crippen LogP contribution is -2.57. The number of pyridine rings is 1. The van der Waals surface area contributed by atoms with Gasteiger partial charge in [0.25, 0.3) is 41.0 Å². The van der Waals surface area contributed by atoms with Gasteiger partial charge in [0.05, 0.1) is 74.0 Å². The van der Waals surface area contributed by atoms with Crippen molar-refractivity contribution in [2.24, 2.45) is 5.92 Å². The summed E-state index contributed by atoms with van der Waals surface area (Å²) in [6, 6.07) is 37.0. The molecular formula is C98H121F9N14O12S. The topological polar surface area (TPSA) is 260 Å². The number of anilines is 1. The fourth-order valence-electron chi connectivity index (χ4n) is 20.8. The second-order valence-corrected chi connectivity index (χ2v) is 40.8. The predicted molar refractivity (Wildman–Crippen MR) is 487 cm³/mol. The Labute approximate surface area is 776 Å². The standard InChI is InChI=1S/C26H34N4O2.C25H30F3N3O4S.C25H30F3N3O3.C22H25F3N4O3.H2/c1-20(31)23-10-11-24-26(27(2)18-19-30(23)24)12-16-29(17-13-26)25(32)21-6-8-22(9-7-21)28-14-4-3-5-15-28;1-23(2,3)36(34,35)18-7-5-17(6-8-18)22(33)30-13-11-24(12-14-30)20-10-9-19(21(32)25(26,27)28)31(20)16-15-29(24)4;1-17(2)16-34-19-6-4-18(5-7-19)23(33)30-12-10-24(11-13-30)21-9-8-20(22(32)25(26,27)28)31(21)15-14-29(24)3;1-13-12-26-21(18-7-5-16(29(13)18)19(30)22(23,24)25)8-10-28(11-9-21)20(31)15-4-6-17(32-3)14(2)27-15;/h6-11H,3-5,12-19H2,1-2H3;5-10H,11-16H2,1-4H3;4-9,17H,10-16H2,1-3H3;4-7,13,26H,8-12H2,1-3H3;1H. The molecule has 1 atom stereocenters. The first-order chi connectivity index (χ1) is 63.2. The van der Waals surface area contributed by atoms with Gasteiger partial charge in [0.15, 0.2) is 15.6 Å². The Kier molecular flexibility index (Phi) is 28.6. The van der Waals surface area contributed by atoms with Gasteiger partial charge in [0.1, 0.15) is 17.2 Å². The average Bonchev–Trinajstić information content (AvgIpc) is 1.64. The number of hydrogen-bond acceptors (Lipinski definition) is 18. The van der Waals surface area contributed by atoms with E-state index in [1.807, 2.05) is 37.2 Å². The summed E-state index contributed by atoms with van der Waals surface area (Å²) in [7, 11) is 4.05. The molecule has 0 bridgehead atoms. The van der Waals surface area contributed by atoms with Crippen LogP contribution in [0, 0.1) is 12.8 Å². The molecule has 0 saturated carbocycles. The number of ketones is 4. The number of nitrogens with one attached hydrogen (secondary N) is 1. The van der Waals surface area contributed by atoms with Crippen LogP contribution in [0.15, 0.2) is 138 Å². The molecule has 9 aliphatic rings. The van der Waals surface area contributed by atoms with Crippen LogP contribution in [-0.2, 0) is 51.6 Å². The Hall–Kier alpha value is -11.0. The molecule has 0 radical (unpaired) electrons. The minimum absolute atomic E-state index is 0. The summed E-state index contributed by atoms with van der Waals surface area (Å²) in [6.45, 7) is 24.8. The SMILES string of the molecule is CC(=O)c1ccc2n1CCN(C)C21CCN(C(=O)c2ccc(N3CCCCC3)cc2)CC1.CC(C)COc1ccc(C(=O)N2CCC3(CC2)c2ccc(C(=O)C(F)(F)F)n2CCN3C)cc1.CN1CCn2c(C(=O)C(F)(F)F)ccc2C12CCN(C(=O)c1ccc(S(=O)(=O)C(C)(C)C)cc1)CC2.COc1ccc(C(=O)N2CCC3(CC2)NCC(C)n2c(C(=O)C(F)(F)F)ccc23)nc1C.[HH]. The normalized spacial score (nSPS) is 19.5. The smallest absolute Gasteiger partial charge is 0.456 e. The van der Waals surface area contributed by atoms with Gasteiger partial charge in [-0.1, -0.05) is 13.8 Å². The van der Waals surface area contributed by atoms with Crippen LogP contribution in [0.25, 0.3) is 0 Å². The number of aryl methyl sites for hydroxylation is 1. The molecule has 14 heterocycles. The van der Waals surface area contributed by atoms with Crippen molar-refractivity contribution in [3.05, 3.63) is 207 Å². The van der Waals surface area contributed by atoms with E-state index in [-0.39, 0.29) is 70.9 Å². The maximum atomic E-state index is 13.2. The number of Topliss-reactive ketones (excluding diaryl/α,β-unsaturated/α-hetero) is 4. The lowest BCUT2D eigenvalue weighted by molar-refractivity contribution is -0.0895. The van der Waals surface area contributed by atoms with Crippen molar-refractivity contribution in [3.8, 4) is 11.5 Å². The highest BCUT2D eigenvalue weighted by atomic mass is 32.2. The van der Waals surface area contributed by atoms with E-state index in [0.717, 1.165) is 69.1 Å². The molecule has 5 saturated heterocycles. The number of ether oxygens (including phenoxy) is 2. The summed E-state index contributed by atoms with van der Waals surface area (Å²) in [5.41, 5.74) is 5.20. The third-order valence-electron chi connectivity index (χ3n) is 28.7. The summed E-state index contributed by atoms with van der Waals surface area (Å²) in [5, 5.41) is 3.47.